The van der Waals surface area contributed by atoms with Crippen molar-refractivity contribution in [2.75, 3.05) is 18.9 Å². The van der Waals surface area contributed by atoms with Crippen molar-refractivity contribution in [3.63, 3.8) is 0 Å². The largest absolute Gasteiger partial charge is 0.490 e. The summed E-state index contributed by atoms with van der Waals surface area (Å²) in [6.45, 7) is 7.53. The number of para-hydroxylation sites is 1. The van der Waals surface area contributed by atoms with Crippen LogP contribution in [0.2, 0.25) is 0 Å². The lowest BCUT2D eigenvalue weighted by Crippen LogP contribution is -2.11. The van der Waals surface area contributed by atoms with E-state index in [1.54, 1.807) is 0 Å². The van der Waals surface area contributed by atoms with Gasteiger partial charge in [0.1, 0.15) is 24.7 Å². The normalized spacial score (nSPS) is 11.3. The van der Waals surface area contributed by atoms with E-state index in [1.807, 2.05) is 41.8 Å². The lowest BCUT2D eigenvalue weighted by atomic mass is 9.87. The third kappa shape index (κ3) is 4.55. The number of ether oxygens (including phenoxy) is 2. The van der Waals surface area contributed by atoms with Crippen LogP contribution in [-0.4, -0.2) is 18.2 Å². The molecule has 136 valence electrons. The Balaban J connectivity index is 1.56. The fourth-order valence-corrected chi connectivity index (χ4v) is 3.14. The number of anilines is 1. The molecule has 3 rings (SSSR count). The summed E-state index contributed by atoms with van der Waals surface area (Å²) >= 11 is 1.42. The highest BCUT2D eigenvalue weighted by molar-refractivity contribution is 7.13. The molecule has 5 heteroatoms. The zero-order valence-electron chi connectivity index (χ0n) is 15.4. The van der Waals surface area contributed by atoms with Gasteiger partial charge in [-0.1, -0.05) is 45.0 Å². The highest BCUT2D eigenvalue weighted by Gasteiger charge is 2.13. The standard InChI is InChI=1S/C21H24N2O2S/c1-21(2,3)15-8-10-16(11-9-15)24-12-13-25-19-7-5-4-6-17(19)18-14-26-20(22)23-18/h4-11,14H,12-13H2,1-3H3,(H2,22,23). The number of nitrogen functional groups attached to an aromatic ring is 1. The third-order valence-electron chi connectivity index (χ3n) is 4.01. The Bertz CT molecular complexity index is 851. The Morgan fingerprint density at radius 1 is 0.962 bits per heavy atom. The van der Waals surface area contributed by atoms with E-state index in [4.69, 9.17) is 15.2 Å². The molecule has 0 radical (unpaired) electrons. The van der Waals surface area contributed by atoms with Crippen molar-refractivity contribution in [3.8, 4) is 22.8 Å². The molecule has 3 aromatic rings. The third-order valence-corrected chi connectivity index (χ3v) is 4.69. The minimum Gasteiger partial charge on any atom is -0.490 e. The molecule has 0 atom stereocenters. The second-order valence-corrected chi connectivity index (χ2v) is 7.93. The number of benzene rings is 2. The predicted molar refractivity (Wildman–Crippen MR) is 108 cm³/mol. The number of hydrogen-bond donors (Lipinski definition) is 1. The monoisotopic (exact) mass is 368 g/mol. The number of thiazole rings is 1. The Labute approximate surface area is 158 Å². The highest BCUT2D eigenvalue weighted by Crippen LogP contribution is 2.31. The van der Waals surface area contributed by atoms with E-state index in [9.17, 15) is 0 Å². The van der Waals surface area contributed by atoms with Gasteiger partial charge in [-0.05, 0) is 35.2 Å². The van der Waals surface area contributed by atoms with Crippen LogP contribution >= 0.6 is 11.3 Å². The summed E-state index contributed by atoms with van der Waals surface area (Å²) in [7, 11) is 0. The molecule has 1 aromatic heterocycles. The molecule has 26 heavy (non-hydrogen) atoms. The molecule has 0 bridgehead atoms. The average Bonchev–Trinajstić information content (AvgIpc) is 3.05. The van der Waals surface area contributed by atoms with Crippen LogP contribution in [0.4, 0.5) is 5.13 Å². The van der Waals surface area contributed by atoms with Gasteiger partial charge < -0.3 is 15.2 Å². The first-order valence-electron chi connectivity index (χ1n) is 8.60. The topological polar surface area (TPSA) is 57.4 Å². The Hall–Kier alpha value is -2.53. The van der Waals surface area contributed by atoms with Gasteiger partial charge in [0, 0.05) is 10.9 Å². The molecule has 0 spiro atoms. The number of nitrogens with two attached hydrogens (primary N) is 1. The van der Waals surface area contributed by atoms with Crippen LogP contribution < -0.4 is 15.2 Å². The quantitative estimate of drug-likeness (QED) is 0.612. The summed E-state index contributed by atoms with van der Waals surface area (Å²) in [5.74, 6) is 1.63. The van der Waals surface area contributed by atoms with Crippen LogP contribution in [0.25, 0.3) is 11.3 Å². The van der Waals surface area contributed by atoms with Gasteiger partial charge in [0.25, 0.3) is 0 Å². The van der Waals surface area contributed by atoms with Crippen molar-refractivity contribution in [2.24, 2.45) is 0 Å². The van der Waals surface area contributed by atoms with Crippen molar-refractivity contribution in [3.05, 3.63) is 59.5 Å². The van der Waals surface area contributed by atoms with Crippen molar-refractivity contribution >= 4 is 16.5 Å². The van der Waals surface area contributed by atoms with Gasteiger partial charge in [-0.3, -0.25) is 0 Å². The van der Waals surface area contributed by atoms with Crippen LogP contribution in [0.5, 0.6) is 11.5 Å². The maximum atomic E-state index is 5.90. The van der Waals surface area contributed by atoms with E-state index in [1.165, 1.54) is 16.9 Å². The van der Waals surface area contributed by atoms with Gasteiger partial charge in [0.15, 0.2) is 5.13 Å². The smallest absolute Gasteiger partial charge is 0.180 e. The molecule has 0 unspecified atom stereocenters. The molecule has 4 nitrogen and oxygen atoms in total. The van der Waals surface area contributed by atoms with E-state index in [2.05, 4.69) is 37.9 Å². The second-order valence-electron chi connectivity index (χ2n) is 7.04. The fraction of sp³-hybridized carbons (Fsp3) is 0.286. The molecule has 0 saturated heterocycles. The molecule has 2 aromatic carbocycles. The number of nitrogens with zero attached hydrogens (tertiary/aromatic N) is 1. The summed E-state index contributed by atoms with van der Waals surface area (Å²) < 4.78 is 11.7. The van der Waals surface area contributed by atoms with Gasteiger partial charge >= 0.3 is 0 Å². The predicted octanol–water partition coefficient (Wildman–Crippen LogP) is 5.15. The molecule has 1 heterocycles. The highest BCUT2D eigenvalue weighted by atomic mass is 32.1. The summed E-state index contributed by atoms with van der Waals surface area (Å²) in [5.41, 5.74) is 8.94. The lowest BCUT2D eigenvalue weighted by molar-refractivity contribution is 0.217. The van der Waals surface area contributed by atoms with Crippen molar-refractivity contribution in [2.45, 2.75) is 26.2 Å². The van der Waals surface area contributed by atoms with Gasteiger partial charge in [0.05, 0.1) is 5.69 Å². The Morgan fingerprint density at radius 2 is 1.65 bits per heavy atom. The Kier molecular flexibility index (Phi) is 5.47. The fourth-order valence-electron chi connectivity index (χ4n) is 2.58. The van der Waals surface area contributed by atoms with Crippen LogP contribution in [-0.2, 0) is 5.41 Å². The first-order chi connectivity index (χ1) is 12.4. The molecule has 2 N–H and O–H groups in total. The van der Waals surface area contributed by atoms with Crippen molar-refractivity contribution in [1.82, 2.24) is 4.98 Å². The van der Waals surface area contributed by atoms with E-state index in [-0.39, 0.29) is 5.41 Å². The van der Waals surface area contributed by atoms with Crippen molar-refractivity contribution < 1.29 is 9.47 Å². The number of hydrogen-bond acceptors (Lipinski definition) is 5. The minimum absolute atomic E-state index is 0.143. The summed E-state index contributed by atoms with van der Waals surface area (Å²) in [6.07, 6.45) is 0. The minimum atomic E-state index is 0.143. The first kappa shape index (κ1) is 18.3. The van der Waals surface area contributed by atoms with Crippen LogP contribution in [0.1, 0.15) is 26.3 Å². The van der Waals surface area contributed by atoms with E-state index in [0.717, 1.165) is 22.8 Å². The zero-order valence-corrected chi connectivity index (χ0v) is 16.2. The SMILES string of the molecule is CC(C)(C)c1ccc(OCCOc2ccccc2-c2csc(N)n2)cc1. The van der Waals surface area contributed by atoms with Crippen LogP contribution in [0.3, 0.4) is 0 Å². The number of aromatic nitrogens is 1. The zero-order chi connectivity index (χ0) is 18.6. The van der Waals surface area contributed by atoms with Gasteiger partial charge in [-0.25, -0.2) is 4.98 Å². The molecule has 0 fully saturated rings. The summed E-state index contributed by atoms with van der Waals surface area (Å²) in [4.78, 5) is 4.33. The van der Waals surface area contributed by atoms with Gasteiger partial charge in [-0.15, -0.1) is 11.3 Å². The molecule has 0 aliphatic rings. The van der Waals surface area contributed by atoms with Crippen LogP contribution in [0, 0.1) is 0 Å². The second kappa shape index (κ2) is 7.79. The molecule has 0 aliphatic heterocycles. The summed E-state index contributed by atoms with van der Waals surface area (Å²) in [6, 6.07) is 16.1. The van der Waals surface area contributed by atoms with E-state index >= 15 is 0 Å². The number of rotatable bonds is 6. The molecule has 0 saturated carbocycles. The lowest BCUT2D eigenvalue weighted by Gasteiger charge is -2.19. The Morgan fingerprint density at radius 3 is 2.31 bits per heavy atom. The molecular weight excluding hydrogens is 344 g/mol. The molecule has 0 aliphatic carbocycles. The van der Waals surface area contributed by atoms with E-state index in [0.29, 0.717) is 18.3 Å². The van der Waals surface area contributed by atoms with Crippen LogP contribution in [0.15, 0.2) is 53.9 Å². The van der Waals surface area contributed by atoms with Gasteiger partial charge in [0.2, 0.25) is 0 Å². The molecular formula is C21H24N2O2S. The maximum absolute atomic E-state index is 5.90. The molecule has 0 amide bonds. The van der Waals surface area contributed by atoms with E-state index < -0.39 is 0 Å². The van der Waals surface area contributed by atoms with Gasteiger partial charge in [-0.2, -0.15) is 0 Å². The van der Waals surface area contributed by atoms with Crippen molar-refractivity contribution in [1.29, 1.82) is 0 Å². The first-order valence-corrected chi connectivity index (χ1v) is 9.48. The summed E-state index contributed by atoms with van der Waals surface area (Å²) in [5, 5.41) is 2.49. The average molecular weight is 369 g/mol. The maximum Gasteiger partial charge on any atom is 0.180 e.